The number of rotatable bonds is 5. The number of hydrogen-bond acceptors (Lipinski definition) is 6. The first-order valence-electron chi connectivity index (χ1n) is 7.91. The second-order valence-corrected chi connectivity index (χ2v) is 6.10. The van der Waals surface area contributed by atoms with Gasteiger partial charge in [-0.15, -0.1) is 0 Å². The van der Waals surface area contributed by atoms with Gasteiger partial charge in [0.05, 0.1) is 31.1 Å². The fourth-order valence-electron chi connectivity index (χ4n) is 2.76. The zero-order valence-corrected chi connectivity index (χ0v) is 12.8. The van der Waals surface area contributed by atoms with E-state index in [1.165, 1.54) is 25.2 Å². The SMILES string of the molecule is O=C(c1ccnnc1)N1CCc2onc(COCC3CC3)c2C1. The fraction of sp³-hybridized carbons (Fsp3) is 0.500. The molecule has 0 saturated heterocycles. The molecule has 0 radical (unpaired) electrons. The molecular weight excluding hydrogens is 296 g/mol. The molecule has 0 spiro atoms. The lowest BCUT2D eigenvalue weighted by Gasteiger charge is -2.26. The minimum absolute atomic E-state index is 0.0448. The summed E-state index contributed by atoms with van der Waals surface area (Å²) < 4.78 is 11.1. The van der Waals surface area contributed by atoms with Gasteiger partial charge in [0.1, 0.15) is 11.5 Å². The van der Waals surface area contributed by atoms with Crippen molar-refractivity contribution in [3.63, 3.8) is 0 Å². The van der Waals surface area contributed by atoms with Crippen molar-refractivity contribution in [2.45, 2.75) is 32.4 Å². The van der Waals surface area contributed by atoms with Crippen LogP contribution in [0.5, 0.6) is 0 Å². The van der Waals surface area contributed by atoms with Crippen molar-refractivity contribution in [1.29, 1.82) is 0 Å². The van der Waals surface area contributed by atoms with Gasteiger partial charge in [0.25, 0.3) is 5.91 Å². The van der Waals surface area contributed by atoms with Crippen LogP contribution in [0, 0.1) is 5.92 Å². The Labute approximate surface area is 133 Å². The molecule has 2 aromatic rings. The minimum Gasteiger partial charge on any atom is -0.375 e. The van der Waals surface area contributed by atoms with Crippen LogP contribution < -0.4 is 0 Å². The van der Waals surface area contributed by atoms with Crippen molar-refractivity contribution in [3.05, 3.63) is 41.0 Å². The van der Waals surface area contributed by atoms with E-state index in [4.69, 9.17) is 9.26 Å². The molecule has 0 atom stereocenters. The normalized spacial score (nSPS) is 17.1. The van der Waals surface area contributed by atoms with E-state index in [1.807, 2.05) is 0 Å². The molecule has 120 valence electrons. The van der Waals surface area contributed by atoms with Gasteiger partial charge in [0, 0.05) is 25.1 Å². The predicted octanol–water partition coefficient (Wildman–Crippen LogP) is 1.59. The van der Waals surface area contributed by atoms with Crippen LogP contribution in [0.3, 0.4) is 0 Å². The summed E-state index contributed by atoms with van der Waals surface area (Å²) in [6.07, 6.45) is 6.22. The number of amides is 1. The molecule has 0 unspecified atom stereocenters. The molecule has 1 fully saturated rings. The average molecular weight is 314 g/mol. The van der Waals surface area contributed by atoms with E-state index in [1.54, 1.807) is 11.0 Å². The average Bonchev–Trinajstić information content (AvgIpc) is 3.34. The van der Waals surface area contributed by atoms with Crippen LogP contribution in [0.15, 0.2) is 23.0 Å². The highest BCUT2D eigenvalue weighted by Crippen LogP contribution is 2.30. The first kappa shape index (κ1) is 14.3. The Morgan fingerprint density at radius 1 is 1.39 bits per heavy atom. The molecule has 1 aliphatic carbocycles. The van der Waals surface area contributed by atoms with Crippen molar-refractivity contribution in [2.24, 2.45) is 5.92 Å². The summed E-state index contributed by atoms with van der Waals surface area (Å²) in [7, 11) is 0. The molecule has 0 aromatic carbocycles. The summed E-state index contributed by atoms with van der Waals surface area (Å²) in [6, 6.07) is 1.68. The Balaban J connectivity index is 1.45. The van der Waals surface area contributed by atoms with Crippen LogP contribution in [0.1, 0.15) is 40.2 Å². The Hall–Kier alpha value is -2.28. The molecule has 2 aliphatic rings. The quantitative estimate of drug-likeness (QED) is 0.833. The lowest BCUT2D eigenvalue weighted by atomic mass is 10.1. The molecule has 0 bridgehead atoms. The van der Waals surface area contributed by atoms with Gasteiger partial charge in [0.2, 0.25) is 0 Å². The summed E-state index contributed by atoms with van der Waals surface area (Å²) in [6.45, 7) is 2.36. The maximum atomic E-state index is 12.5. The Bertz CT molecular complexity index is 697. The van der Waals surface area contributed by atoms with Crippen LogP contribution in [0.2, 0.25) is 0 Å². The summed E-state index contributed by atoms with van der Waals surface area (Å²) in [5, 5.41) is 11.6. The third kappa shape index (κ3) is 3.10. The molecule has 1 saturated carbocycles. The van der Waals surface area contributed by atoms with E-state index >= 15 is 0 Å². The summed E-state index contributed by atoms with van der Waals surface area (Å²) in [5.74, 6) is 1.54. The number of hydrogen-bond donors (Lipinski definition) is 0. The highest BCUT2D eigenvalue weighted by molar-refractivity contribution is 5.93. The van der Waals surface area contributed by atoms with Crippen LogP contribution >= 0.6 is 0 Å². The van der Waals surface area contributed by atoms with Crippen molar-refractivity contribution in [1.82, 2.24) is 20.3 Å². The van der Waals surface area contributed by atoms with Gasteiger partial charge in [0.15, 0.2) is 0 Å². The first-order chi connectivity index (χ1) is 11.3. The number of nitrogens with zero attached hydrogens (tertiary/aromatic N) is 4. The molecule has 1 aliphatic heterocycles. The maximum Gasteiger partial charge on any atom is 0.255 e. The molecule has 3 heterocycles. The smallest absolute Gasteiger partial charge is 0.255 e. The first-order valence-corrected chi connectivity index (χ1v) is 7.91. The highest BCUT2D eigenvalue weighted by Gasteiger charge is 2.28. The van der Waals surface area contributed by atoms with Crippen LogP contribution in [0.4, 0.5) is 0 Å². The van der Waals surface area contributed by atoms with Gasteiger partial charge in [-0.3, -0.25) is 4.79 Å². The zero-order valence-electron chi connectivity index (χ0n) is 12.8. The van der Waals surface area contributed by atoms with Gasteiger partial charge < -0.3 is 14.2 Å². The standard InChI is InChI=1S/C16H18N4O3/c21-16(12-3-5-17-18-7-12)20-6-4-15-13(8-20)14(19-23-15)10-22-9-11-1-2-11/h3,5,7,11H,1-2,4,6,8-10H2. The van der Waals surface area contributed by atoms with Crippen molar-refractivity contribution < 1.29 is 14.1 Å². The number of carbonyl (C=O) groups excluding carboxylic acids is 1. The van der Waals surface area contributed by atoms with E-state index in [-0.39, 0.29) is 5.91 Å². The van der Waals surface area contributed by atoms with Crippen LogP contribution in [-0.4, -0.2) is 39.3 Å². The highest BCUT2D eigenvalue weighted by atomic mass is 16.5. The van der Waals surface area contributed by atoms with E-state index in [0.717, 1.165) is 29.5 Å². The zero-order chi connectivity index (χ0) is 15.6. The molecular formula is C16H18N4O3. The van der Waals surface area contributed by atoms with Gasteiger partial charge in [-0.2, -0.15) is 10.2 Å². The molecule has 2 aromatic heterocycles. The molecule has 7 heteroatoms. The second kappa shape index (κ2) is 6.08. The Morgan fingerprint density at radius 2 is 2.30 bits per heavy atom. The van der Waals surface area contributed by atoms with E-state index in [2.05, 4.69) is 15.4 Å². The molecule has 23 heavy (non-hydrogen) atoms. The van der Waals surface area contributed by atoms with E-state index < -0.39 is 0 Å². The molecule has 4 rings (SSSR count). The lowest BCUT2D eigenvalue weighted by Crippen LogP contribution is -2.36. The predicted molar refractivity (Wildman–Crippen MR) is 79.4 cm³/mol. The molecule has 1 amide bonds. The van der Waals surface area contributed by atoms with Gasteiger partial charge in [-0.25, -0.2) is 0 Å². The monoisotopic (exact) mass is 314 g/mol. The minimum atomic E-state index is -0.0448. The van der Waals surface area contributed by atoms with Gasteiger partial charge in [-0.05, 0) is 24.8 Å². The molecule has 7 nitrogen and oxygen atoms in total. The number of ether oxygens (including phenoxy) is 1. The Morgan fingerprint density at radius 3 is 3.09 bits per heavy atom. The van der Waals surface area contributed by atoms with E-state index in [0.29, 0.717) is 31.7 Å². The summed E-state index contributed by atoms with van der Waals surface area (Å²) >= 11 is 0. The third-order valence-corrected chi connectivity index (χ3v) is 4.32. The Kier molecular flexibility index (Phi) is 3.78. The fourth-order valence-corrected chi connectivity index (χ4v) is 2.76. The number of carbonyl (C=O) groups is 1. The second-order valence-electron chi connectivity index (χ2n) is 6.10. The number of aromatic nitrogens is 3. The molecule has 0 N–H and O–H groups in total. The van der Waals surface area contributed by atoms with Crippen molar-refractivity contribution in [2.75, 3.05) is 13.2 Å². The topological polar surface area (TPSA) is 81.4 Å². The van der Waals surface area contributed by atoms with Gasteiger partial charge in [-0.1, -0.05) is 5.16 Å². The maximum absolute atomic E-state index is 12.5. The largest absolute Gasteiger partial charge is 0.375 e. The third-order valence-electron chi connectivity index (χ3n) is 4.32. The lowest BCUT2D eigenvalue weighted by molar-refractivity contribution is 0.0725. The van der Waals surface area contributed by atoms with Crippen LogP contribution in [-0.2, 0) is 24.3 Å². The van der Waals surface area contributed by atoms with Crippen LogP contribution in [0.25, 0.3) is 0 Å². The van der Waals surface area contributed by atoms with E-state index in [9.17, 15) is 4.79 Å². The van der Waals surface area contributed by atoms with Crippen molar-refractivity contribution in [3.8, 4) is 0 Å². The van der Waals surface area contributed by atoms with Crippen molar-refractivity contribution >= 4 is 5.91 Å². The van der Waals surface area contributed by atoms with Gasteiger partial charge >= 0.3 is 0 Å². The summed E-state index contributed by atoms with van der Waals surface area (Å²) in [5.41, 5.74) is 2.35. The summed E-state index contributed by atoms with van der Waals surface area (Å²) in [4.78, 5) is 14.3. The number of fused-ring (bicyclic) bond motifs is 1.